The number of nitrogens with zero attached hydrogens (tertiary/aromatic N) is 3. The molecule has 18 heavy (non-hydrogen) atoms. The number of aryl methyl sites for hydroxylation is 2. The number of likely N-dealkylation sites (tertiary alicyclic amines) is 1. The molecule has 1 saturated heterocycles. The standard InChI is InChI=1S/C13H19N3O2/c1-3-10-6-11(15(2)14-10)12(17)16-7-13(18,8-16)9-4-5-9/h6,9,18H,3-5,7-8H2,1-2H3. The van der Waals surface area contributed by atoms with Gasteiger partial charge < -0.3 is 10.0 Å². The number of amides is 1. The molecule has 1 aromatic rings. The molecule has 2 heterocycles. The normalized spacial score (nSPS) is 21.8. The van der Waals surface area contributed by atoms with Crippen LogP contribution in [-0.4, -0.2) is 44.4 Å². The molecule has 1 aliphatic heterocycles. The van der Waals surface area contributed by atoms with E-state index in [0.29, 0.717) is 24.7 Å². The molecule has 98 valence electrons. The Morgan fingerprint density at radius 1 is 1.56 bits per heavy atom. The van der Waals surface area contributed by atoms with E-state index in [0.717, 1.165) is 25.0 Å². The molecule has 2 aliphatic rings. The second-order valence-corrected chi connectivity index (χ2v) is 5.54. The minimum absolute atomic E-state index is 0.0185. The first-order chi connectivity index (χ1) is 8.53. The van der Waals surface area contributed by atoms with Crippen molar-refractivity contribution in [2.75, 3.05) is 13.1 Å². The van der Waals surface area contributed by atoms with Gasteiger partial charge >= 0.3 is 0 Å². The third kappa shape index (κ3) is 1.73. The number of hydrogen-bond acceptors (Lipinski definition) is 3. The summed E-state index contributed by atoms with van der Waals surface area (Å²) in [4.78, 5) is 14.0. The van der Waals surface area contributed by atoms with Gasteiger partial charge in [-0.15, -0.1) is 0 Å². The van der Waals surface area contributed by atoms with Crippen molar-refractivity contribution in [2.45, 2.75) is 31.8 Å². The lowest BCUT2D eigenvalue weighted by Gasteiger charge is -2.46. The van der Waals surface area contributed by atoms with Crippen molar-refractivity contribution in [3.05, 3.63) is 17.5 Å². The molecule has 1 amide bonds. The Kier molecular flexibility index (Phi) is 2.48. The highest BCUT2D eigenvalue weighted by molar-refractivity contribution is 5.93. The van der Waals surface area contributed by atoms with E-state index in [9.17, 15) is 9.90 Å². The van der Waals surface area contributed by atoms with E-state index in [2.05, 4.69) is 5.10 Å². The Hall–Kier alpha value is -1.36. The van der Waals surface area contributed by atoms with E-state index in [1.54, 1.807) is 16.6 Å². The van der Waals surface area contributed by atoms with E-state index in [1.807, 2.05) is 13.0 Å². The molecule has 1 aliphatic carbocycles. The lowest BCUT2D eigenvalue weighted by atomic mass is 9.88. The van der Waals surface area contributed by atoms with Crippen molar-refractivity contribution < 1.29 is 9.90 Å². The second kappa shape index (κ2) is 3.82. The Balaban J connectivity index is 1.70. The lowest BCUT2D eigenvalue weighted by Crippen LogP contribution is -2.64. The van der Waals surface area contributed by atoms with Crippen molar-refractivity contribution in [3.8, 4) is 0 Å². The van der Waals surface area contributed by atoms with Crippen molar-refractivity contribution in [1.82, 2.24) is 14.7 Å². The topological polar surface area (TPSA) is 58.4 Å². The minimum atomic E-state index is -0.609. The molecule has 5 nitrogen and oxygen atoms in total. The number of rotatable bonds is 3. The maximum absolute atomic E-state index is 12.3. The van der Waals surface area contributed by atoms with Crippen LogP contribution in [0.3, 0.4) is 0 Å². The molecular formula is C13H19N3O2. The molecular weight excluding hydrogens is 230 g/mol. The van der Waals surface area contributed by atoms with Crippen molar-refractivity contribution in [2.24, 2.45) is 13.0 Å². The van der Waals surface area contributed by atoms with Crippen molar-refractivity contribution in [3.63, 3.8) is 0 Å². The zero-order chi connectivity index (χ0) is 12.9. The first kappa shape index (κ1) is 11.7. The van der Waals surface area contributed by atoms with E-state index in [4.69, 9.17) is 0 Å². The maximum Gasteiger partial charge on any atom is 0.272 e. The van der Waals surface area contributed by atoms with Gasteiger partial charge in [-0.05, 0) is 31.2 Å². The lowest BCUT2D eigenvalue weighted by molar-refractivity contribution is -0.0960. The van der Waals surface area contributed by atoms with Crippen LogP contribution in [0.1, 0.15) is 35.9 Å². The number of hydrogen-bond donors (Lipinski definition) is 1. The molecule has 5 heteroatoms. The summed E-state index contributed by atoms with van der Waals surface area (Å²) >= 11 is 0. The zero-order valence-corrected chi connectivity index (χ0v) is 10.9. The van der Waals surface area contributed by atoms with Crippen LogP contribution in [0, 0.1) is 5.92 Å². The summed E-state index contributed by atoms with van der Waals surface area (Å²) in [5, 5.41) is 14.5. The highest BCUT2D eigenvalue weighted by Gasteiger charge is 2.53. The first-order valence-corrected chi connectivity index (χ1v) is 6.58. The van der Waals surface area contributed by atoms with E-state index < -0.39 is 5.60 Å². The van der Waals surface area contributed by atoms with Crippen LogP contribution >= 0.6 is 0 Å². The Morgan fingerprint density at radius 3 is 2.72 bits per heavy atom. The van der Waals surface area contributed by atoms with E-state index in [-0.39, 0.29) is 5.91 Å². The predicted octanol–water partition coefficient (Wildman–Crippen LogP) is 0.579. The fourth-order valence-corrected chi connectivity index (χ4v) is 2.70. The van der Waals surface area contributed by atoms with Gasteiger partial charge in [0.2, 0.25) is 0 Å². The second-order valence-electron chi connectivity index (χ2n) is 5.54. The summed E-state index contributed by atoms with van der Waals surface area (Å²) in [7, 11) is 1.79. The maximum atomic E-state index is 12.3. The largest absolute Gasteiger partial charge is 0.386 e. The van der Waals surface area contributed by atoms with Crippen LogP contribution in [-0.2, 0) is 13.5 Å². The number of aromatic nitrogens is 2. The molecule has 1 aromatic heterocycles. The highest BCUT2D eigenvalue weighted by Crippen LogP contribution is 2.44. The number of carbonyl (C=O) groups is 1. The smallest absolute Gasteiger partial charge is 0.272 e. The summed E-state index contributed by atoms with van der Waals surface area (Å²) in [5.41, 5.74) is 0.936. The van der Waals surface area contributed by atoms with Crippen LogP contribution in [0.15, 0.2) is 6.07 Å². The SMILES string of the molecule is CCc1cc(C(=O)N2CC(O)(C3CC3)C2)n(C)n1. The van der Waals surface area contributed by atoms with Gasteiger partial charge in [0.15, 0.2) is 0 Å². The molecule has 0 spiro atoms. The van der Waals surface area contributed by atoms with Crippen LogP contribution < -0.4 is 0 Å². The quantitative estimate of drug-likeness (QED) is 0.852. The van der Waals surface area contributed by atoms with Gasteiger partial charge in [0.05, 0.1) is 18.8 Å². The third-order valence-corrected chi connectivity index (χ3v) is 4.07. The van der Waals surface area contributed by atoms with Gasteiger partial charge in [-0.1, -0.05) is 6.92 Å². The van der Waals surface area contributed by atoms with Gasteiger partial charge in [-0.2, -0.15) is 5.10 Å². The average molecular weight is 249 g/mol. The fraction of sp³-hybridized carbons (Fsp3) is 0.692. The molecule has 0 bridgehead atoms. The summed E-state index contributed by atoms with van der Waals surface area (Å²) in [6.07, 6.45) is 3.03. The Labute approximate surface area is 106 Å². The number of carbonyl (C=O) groups excluding carboxylic acids is 1. The van der Waals surface area contributed by atoms with Gasteiger partial charge in [-0.25, -0.2) is 0 Å². The summed E-state index contributed by atoms with van der Waals surface area (Å²) in [6, 6.07) is 1.84. The van der Waals surface area contributed by atoms with Gasteiger partial charge in [0.1, 0.15) is 11.3 Å². The number of aliphatic hydroxyl groups is 1. The van der Waals surface area contributed by atoms with Crippen LogP contribution in [0.4, 0.5) is 0 Å². The first-order valence-electron chi connectivity index (χ1n) is 6.58. The molecule has 2 fully saturated rings. The molecule has 0 unspecified atom stereocenters. The van der Waals surface area contributed by atoms with Gasteiger partial charge in [-0.3, -0.25) is 9.48 Å². The fourth-order valence-electron chi connectivity index (χ4n) is 2.70. The average Bonchev–Trinajstić information content (AvgIpc) is 3.08. The van der Waals surface area contributed by atoms with Crippen LogP contribution in [0.5, 0.6) is 0 Å². The number of β-amino-alcohol motifs (C(OH)–C–C–N with tert-alkyl or cyclic N) is 1. The zero-order valence-electron chi connectivity index (χ0n) is 10.9. The third-order valence-electron chi connectivity index (χ3n) is 4.07. The molecule has 0 atom stereocenters. The van der Waals surface area contributed by atoms with Crippen molar-refractivity contribution >= 4 is 5.91 Å². The minimum Gasteiger partial charge on any atom is -0.386 e. The van der Waals surface area contributed by atoms with Gasteiger partial charge in [0.25, 0.3) is 5.91 Å². The summed E-state index contributed by atoms with van der Waals surface area (Å²) in [5.74, 6) is 0.398. The van der Waals surface area contributed by atoms with E-state index >= 15 is 0 Å². The van der Waals surface area contributed by atoms with Crippen molar-refractivity contribution in [1.29, 1.82) is 0 Å². The van der Waals surface area contributed by atoms with Crippen LogP contribution in [0.25, 0.3) is 0 Å². The molecule has 1 N–H and O–H groups in total. The van der Waals surface area contributed by atoms with Gasteiger partial charge in [0, 0.05) is 7.05 Å². The highest BCUT2D eigenvalue weighted by atomic mass is 16.3. The summed E-state index contributed by atoms with van der Waals surface area (Å²) < 4.78 is 1.63. The monoisotopic (exact) mass is 249 g/mol. The predicted molar refractivity (Wildman–Crippen MR) is 66.2 cm³/mol. The summed E-state index contributed by atoms with van der Waals surface area (Å²) in [6.45, 7) is 2.97. The Bertz CT molecular complexity index is 484. The van der Waals surface area contributed by atoms with Crippen LogP contribution in [0.2, 0.25) is 0 Å². The Morgan fingerprint density at radius 2 is 2.22 bits per heavy atom. The van der Waals surface area contributed by atoms with E-state index in [1.165, 1.54) is 0 Å². The molecule has 0 radical (unpaired) electrons. The molecule has 1 saturated carbocycles. The molecule has 0 aromatic carbocycles. The molecule has 3 rings (SSSR count).